The van der Waals surface area contributed by atoms with Gasteiger partial charge < -0.3 is 0 Å². The van der Waals surface area contributed by atoms with Crippen LogP contribution in [0.5, 0.6) is 0 Å². The molecule has 18 heavy (non-hydrogen) atoms. The summed E-state index contributed by atoms with van der Waals surface area (Å²) in [6.45, 7) is 5.71. The first kappa shape index (κ1) is 12.4. The van der Waals surface area contributed by atoms with Crippen LogP contribution in [0.25, 0.3) is 0 Å². The molecule has 0 saturated carbocycles. The lowest BCUT2D eigenvalue weighted by molar-refractivity contribution is -0.110. The maximum Gasteiger partial charge on any atom is 0.161 e. The molecule has 0 aromatic carbocycles. The van der Waals surface area contributed by atoms with Crippen LogP contribution in [0.1, 0.15) is 26.3 Å². The fourth-order valence-electron chi connectivity index (χ4n) is 1.32. The minimum atomic E-state index is -0.368. The Labute approximate surface area is 106 Å². The van der Waals surface area contributed by atoms with E-state index in [0.29, 0.717) is 11.5 Å². The van der Waals surface area contributed by atoms with Gasteiger partial charge in [-0.1, -0.05) is 0 Å². The Morgan fingerprint density at radius 1 is 1.33 bits per heavy atom. The second-order valence-corrected chi connectivity index (χ2v) is 5.00. The second-order valence-electron chi connectivity index (χ2n) is 5.00. The second kappa shape index (κ2) is 4.70. The third-order valence-electron chi connectivity index (χ3n) is 2.42. The molecule has 5 heteroatoms. The number of hydroxylamine groups is 2. The van der Waals surface area contributed by atoms with Crippen LogP contribution in [0.3, 0.4) is 0 Å². The number of rotatable bonds is 2. The molecule has 0 bridgehead atoms. The molecule has 94 valence electrons. The van der Waals surface area contributed by atoms with E-state index >= 15 is 0 Å². The number of amidine groups is 1. The van der Waals surface area contributed by atoms with Crippen molar-refractivity contribution in [1.29, 1.82) is 0 Å². The monoisotopic (exact) mass is 244 g/mol. The van der Waals surface area contributed by atoms with Crippen LogP contribution in [-0.4, -0.2) is 32.8 Å². The van der Waals surface area contributed by atoms with Crippen LogP contribution in [0.4, 0.5) is 0 Å². The molecule has 1 aromatic heterocycles. The van der Waals surface area contributed by atoms with Crippen LogP contribution < -0.4 is 0 Å². The Morgan fingerprint density at radius 2 is 2.11 bits per heavy atom. The van der Waals surface area contributed by atoms with Gasteiger partial charge in [-0.15, -0.1) is 0 Å². The summed E-state index contributed by atoms with van der Waals surface area (Å²) >= 11 is 0. The summed E-state index contributed by atoms with van der Waals surface area (Å²) in [5.41, 5.74) is 1.11. The minimum Gasteiger partial charge on any atom is -0.288 e. The Hall–Kier alpha value is -2.01. The zero-order chi connectivity index (χ0) is 13.2. The van der Waals surface area contributed by atoms with Crippen molar-refractivity contribution in [3.8, 4) is 0 Å². The maximum absolute atomic E-state index is 9.82. The number of hydrogen-bond acceptors (Lipinski definition) is 5. The van der Waals surface area contributed by atoms with E-state index in [4.69, 9.17) is 0 Å². The van der Waals surface area contributed by atoms with Crippen LogP contribution >= 0.6 is 0 Å². The van der Waals surface area contributed by atoms with Gasteiger partial charge in [0.15, 0.2) is 5.84 Å². The Kier molecular flexibility index (Phi) is 3.25. The number of allylic oxidation sites excluding steroid dienone is 1. The van der Waals surface area contributed by atoms with Gasteiger partial charge in [-0.05, 0) is 32.9 Å². The predicted octanol–water partition coefficient (Wildman–Crippen LogP) is 2.24. The number of hydrogen-bond donors (Lipinski definition) is 1. The number of nitrogens with zero attached hydrogens (tertiary/aromatic N) is 4. The third kappa shape index (κ3) is 2.81. The molecular weight excluding hydrogens is 228 g/mol. The zero-order valence-electron chi connectivity index (χ0n) is 10.7. The molecule has 0 saturated heterocycles. The molecule has 0 fully saturated rings. The highest BCUT2D eigenvalue weighted by atomic mass is 16.5. The lowest BCUT2D eigenvalue weighted by Crippen LogP contribution is -2.34. The molecular formula is C13H16N4O. The van der Waals surface area contributed by atoms with E-state index in [1.165, 1.54) is 0 Å². The molecule has 0 amide bonds. The van der Waals surface area contributed by atoms with Crippen LogP contribution in [0.15, 0.2) is 46.4 Å². The van der Waals surface area contributed by atoms with Crippen molar-refractivity contribution in [1.82, 2.24) is 10.0 Å². The lowest BCUT2D eigenvalue weighted by atomic mass is 10.1. The molecule has 1 aliphatic rings. The zero-order valence-corrected chi connectivity index (χ0v) is 10.7. The van der Waals surface area contributed by atoms with Gasteiger partial charge in [0.05, 0.1) is 18.0 Å². The highest BCUT2D eigenvalue weighted by Crippen LogP contribution is 2.15. The molecule has 0 spiro atoms. The lowest BCUT2D eigenvalue weighted by Gasteiger charge is -2.27. The summed E-state index contributed by atoms with van der Waals surface area (Å²) in [5, 5.41) is 10.9. The normalized spacial score (nSPS) is 17.1. The minimum absolute atomic E-state index is 0.368. The summed E-state index contributed by atoms with van der Waals surface area (Å²) in [7, 11) is 0. The summed E-state index contributed by atoms with van der Waals surface area (Å²) in [6, 6.07) is 3.73. The van der Waals surface area contributed by atoms with E-state index in [-0.39, 0.29) is 5.54 Å². The fraction of sp³-hybridized carbons (Fsp3) is 0.308. The van der Waals surface area contributed by atoms with Gasteiger partial charge >= 0.3 is 0 Å². The molecule has 0 aliphatic carbocycles. The third-order valence-corrected chi connectivity index (χ3v) is 2.42. The first-order chi connectivity index (χ1) is 8.47. The number of pyridine rings is 1. The topological polar surface area (TPSA) is 61.1 Å². The Morgan fingerprint density at radius 3 is 2.72 bits per heavy atom. The van der Waals surface area contributed by atoms with E-state index in [0.717, 1.165) is 10.6 Å². The molecule has 2 heterocycles. The van der Waals surface area contributed by atoms with Crippen molar-refractivity contribution >= 4 is 12.1 Å². The molecule has 1 aliphatic heterocycles. The van der Waals surface area contributed by atoms with Crippen LogP contribution in [-0.2, 0) is 0 Å². The van der Waals surface area contributed by atoms with Gasteiger partial charge in [-0.3, -0.25) is 15.3 Å². The highest BCUT2D eigenvalue weighted by Gasteiger charge is 2.17. The highest BCUT2D eigenvalue weighted by molar-refractivity contribution is 6.10. The first-order valence-electron chi connectivity index (χ1n) is 5.70. The van der Waals surface area contributed by atoms with Crippen molar-refractivity contribution in [2.24, 2.45) is 9.98 Å². The van der Waals surface area contributed by atoms with Gasteiger partial charge in [-0.25, -0.2) is 9.98 Å². The van der Waals surface area contributed by atoms with Crippen molar-refractivity contribution in [2.75, 3.05) is 0 Å². The van der Waals surface area contributed by atoms with Crippen molar-refractivity contribution in [3.05, 3.63) is 42.0 Å². The van der Waals surface area contributed by atoms with Gasteiger partial charge in [0.1, 0.15) is 5.70 Å². The van der Waals surface area contributed by atoms with Gasteiger partial charge in [-0.2, -0.15) is 0 Å². The molecule has 2 rings (SSSR count). The van der Waals surface area contributed by atoms with Crippen molar-refractivity contribution in [2.45, 2.75) is 26.3 Å². The SMILES string of the molecule is CC(C)(C)N(O)/C=C1\C=NC(c2cccnc2)=N1. The van der Waals surface area contributed by atoms with Crippen LogP contribution in [0, 0.1) is 0 Å². The summed E-state index contributed by atoms with van der Waals surface area (Å²) in [5.74, 6) is 0.608. The van der Waals surface area contributed by atoms with Crippen molar-refractivity contribution in [3.63, 3.8) is 0 Å². The maximum atomic E-state index is 9.82. The molecule has 0 unspecified atom stereocenters. The Balaban J connectivity index is 2.20. The summed E-state index contributed by atoms with van der Waals surface area (Å²) in [4.78, 5) is 12.5. The van der Waals surface area contributed by atoms with Gasteiger partial charge in [0.2, 0.25) is 0 Å². The van der Waals surface area contributed by atoms with Gasteiger partial charge in [0, 0.05) is 18.0 Å². The fourth-order valence-corrected chi connectivity index (χ4v) is 1.32. The summed E-state index contributed by atoms with van der Waals surface area (Å²) in [6.07, 6.45) is 6.60. The number of aromatic nitrogens is 1. The van der Waals surface area contributed by atoms with E-state index in [2.05, 4.69) is 15.0 Å². The van der Waals surface area contributed by atoms with E-state index in [1.54, 1.807) is 24.8 Å². The average molecular weight is 244 g/mol. The first-order valence-corrected chi connectivity index (χ1v) is 5.70. The smallest absolute Gasteiger partial charge is 0.161 e. The molecule has 1 aromatic rings. The molecule has 0 radical (unpaired) electrons. The Bertz CT molecular complexity index is 512. The summed E-state index contributed by atoms with van der Waals surface area (Å²) < 4.78 is 0. The number of aliphatic imine (C=N–C) groups is 2. The predicted molar refractivity (Wildman–Crippen MR) is 70.7 cm³/mol. The average Bonchev–Trinajstić information content (AvgIpc) is 2.77. The molecule has 1 N–H and O–H groups in total. The van der Waals surface area contributed by atoms with Gasteiger partial charge in [0.25, 0.3) is 0 Å². The standard InChI is InChI=1S/C13H16N4O/c1-13(2,3)17(18)9-11-8-15-12(16-11)10-5-4-6-14-7-10/h4-9,18H,1-3H3/b11-9+. The van der Waals surface area contributed by atoms with Crippen LogP contribution in [0.2, 0.25) is 0 Å². The van der Waals surface area contributed by atoms with E-state index in [9.17, 15) is 5.21 Å². The molecule has 0 atom stereocenters. The quantitative estimate of drug-likeness (QED) is 0.811. The largest absolute Gasteiger partial charge is 0.288 e. The van der Waals surface area contributed by atoms with Crippen molar-refractivity contribution < 1.29 is 5.21 Å². The van der Waals surface area contributed by atoms with E-state index < -0.39 is 0 Å². The van der Waals surface area contributed by atoms with E-state index in [1.807, 2.05) is 32.9 Å². The molecule has 5 nitrogen and oxygen atoms in total.